The maximum atomic E-state index is 12.7. The third-order valence-electron chi connectivity index (χ3n) is 4.20. The largest absolute Gasteiger partial charge is 0.449 e. The molecule has 0 saturated carbocycles. The minimum absolute atomic E-state index is 0.246. The molecule has 0 fully saturated rings. The van der Waals surface area contributed by atoms with Gasteiger partial charge in [0.25, 0.3) is 5.91 Å². The molecule has 0 aliphatic carbocycles. The van der Waals surface area contributed by atoms with E-state index in [-0.39, 0.29) is 11.4 Å². The Morgan fingerprint density at radius 3 is 2.62 bits per heavy atom. The van der Waals surface area contributed by atoms with Crippen molar-refractivity contribution >= 4 is 28.8 Å². The molecule has 4 aromatic rings. The molecule has 0 radical (unpaired) electrons. The first-order valence-corrected chi connectivity index (χ1v) is 8.91. The lowest BCUT2D eigenvalue weighted by Crippen LogP contribution is -2.30. The molecule has 2 heterocycles. The van der Waals surface area contributed by atoms with Crippen LogP contribution in [0.5, 0.6) is 0 Å². The van der Waals surface area contributed by atoms with Crippen LogP contribution in [0.25, 0.3) is 22.6 Å². The number of carbonyl (C=O) groups excluding carboxylic acids is 2. The second-order valence-corrected chi connectivity index (χ2v) is 6.39. The van der Waals surface area contributed by atoms with Gasteiger partial charge in [-0.2, -0.15) is 0 Å². The number of benzene rings is 2. The number of anilines is 1. The summed E-state index contributed by atoms with van der Waals surface area (Å²) < 4.78 is 16.0. The maximum Gasteiger partial charge on any atom is 0.339 e. The van der Waals surface area contributed by atoms with Gasteiger partial charge in [-0.3, -0.25) is 4.79 Å². The van der Waals surface area contributed by atoms with E-state index in [9.17, 15) is 9.59 Å². The third-order valence-corrected chi connectivity index (χ3v) is 4.20. The molecule has 0 aliphatic rings. The zero-order valence-corrected chi connectivity index (χ0v) is 15.7. The van der Waals surface area contributed by atoms with Gasteiger partial charge in [0, 0.05) is 6.07 Å². The number of carbonyl (C=O) groups is 2. The Morgan fingerprint density at radius 1 is 1.10 bits per heavy atom. The van der Waals surface area contributed by atoms with Crippen molar-refractivity contribution in [1.82, 2.24) is 10.1 Å². The van der Waals surface area contributed by atoms with E-state index >= 15 is 0 Å². The summed E-state index contributed by atoms with van der Waals surface area (Å²) in [6.07, 6.45) is -1.05. The van der Waals surface area contributed by atoms with Crippen LogP contribution in [0.1, 0.15) is 23.0 Å². The first-order chi connectivity index (χ1) is 14.0. The number of aryl methyl sites for hydroxylation is 1. The van der Waals surface area contributed by atoms with Crippen molar-refractivity contribution in [2.45, 2.75) is 20.0 Å². The Hall–Kier alpha value is -3.94. The van der Waals surface area contributed by atoms with Gasteiger partial charge in [-0.1, -0.05) is 29.4 Å². The molecule has 2 aromatic carbocycles. The van der Waals surface area contributed by atoms with Crippen molar-refractivity contribution in [2.75, 3.05) is 5.32 Å². The summed E-state index contributed by atoms with van der Waals surface area (Å²) in [6, 6.07) is 15.7. The summed E-state index contributed by atoms with van der Waals surface area (Å²) in [5.74, 6) is -0.0822. The van der Waals surface area contributed by atoms with E-state index in [1.165, 1.54) is 6.92 Å². The van der Waals surface area contributed by atoms with E-state index < -0.39 is 18.0 Å². The number of esters is 1. The fraction of sp³-hybridized carbons (Fsp3) is 0.143. The first kappa shape index (κ1) is 18.4. The summed E-state index contributed by atoms with van der Waals surface area (Å²) in [4.78, 5) is 29.4. The van der Waals surface area contributed by atoms with E-state index in [1.54, 1.807) is 43.3 Å². The molecule has 1 unspecified atom stereocenters. The van der Waals surface area contributed by atoms with Gasteiger partial charge in [-0.05, 0) is 38.1 Å². The van der Waals surface area contributed by atoms with Gasteiger partial charge in [0.15, 0.2) is 17.5 Å². The molecule has 1 amide bonds. The predicted octanol–water partition coefficient (Wildman–Crippen LogP) is 3.98. The van der Waals surface area contributed by atoms with E-state index in [0.717, 1.165) is 0 Å². The van der Waals surface area contributed by atoms with E-state index in [1.807, 2.05) is 18.2 Å². The van der Waals surface area contributed by atoms with Crippen LogP contribution in [0.2, 0.25) is 0 Å². The molecule has 1 N–H and O–H groups in total. The lowest BCUT2D eigenvalue weighted by Gasteiger charge is -2.13. The van der Waals surface area contributed by atoms with Crippen LogP contribution < -0.4 is 5.32 Å². The van der Waals surface area contributed by atoms with Crippen molar-refractivity contribution in [2.24, 2.45) is 0 Å². The van der Waals surface area contributed by atoms with Gasteiger partial charge < -0.3 is 19.0 Å². The number of rotatable bonds is 5. The van der Waals surface area contributed by atoms with Gasteiger partial charge in [0.05, 0.1) is 11.1 Å². The topological polar surface area (TPSA) is 107 Å². The van der Waals surface area contributed by atoms with Crippen LogP contribution in [0.15, 0.2) is 63.5 Å². The summed E-state index contributed by atoms with van der Waals surface area (Å²) in [5, 5.41) is 6.21. The zero-order valence-electron chi connectivity index (χ0n) is 15.7. The number of hydrogen-bond donors (Lipinski definition) is 1. The fourth-order valence-corrected chi connectivity index (χ4v) is 2.77. The lowest BCUT2D eigenvalue weighted by atomic mass is 10.1. The van der Waals surface area contributed by atoms with Gasteiger partial charge in [-0.25, -0.2) is 9.78 Å². The molecular weight excluding hydrogens is 374 g/mol. The zero-order chi connectivity index (χ0) is 20.4. The molecular formula is C21H17N3O5. The van der Waals surface area contributed by atoms with Gasteiger partial charge >= 0.3 is 5.97 Å². The van der Waals surface area contributed by atoms with Crippen molar-refractivity contribution in [3.8, 4) is 11.5 Å². The number of para-hydroxylation sites is 2. The van der Waals surface area contributed by atoms with Crippen LogP contribution in [0.4, 0.5) is 5.82 Å². The predicted molar refractivity (Wildman–Crippen MR) is 104 cm³/mol. The Labute approximate surface area is 165 Å². The lowest BCUT2D eigenvalue weighted by molar-refractivity contribution is -0.123. The number of amides is 1. The molecule has 0 spiro atoms. The van der Waals surface area contributed by atoms with Crippen LogP contribution in [-0.4, -0.2) is 28.1 Å². The molecule has 29 heavy (non-hydrogen) atoms. The number of nitrogens with zero attached hydrogens (tertiary/aromatic N) is 2. The molecule has 146 valence electrons. The number of fused-ring (bicyclic) bond motifs is 1. The molecule has 0 saturated heterocycles. The first-order valence-electron chi connectivity index (χ1n) is 8.91. The third kappa shape index (κ3) is 3.86. The fourth-order valence-electron chi connectivity index (χ4n) is 2.77. The highest BCUT2D eigenvalue weighted by molar-refractivity contribution is 6.00. The SMILES string of the molecule is Cc1cc(NC(=O)C(C)OC(=O)c2ccccc2-c2nc3ccccc3o2)no1. The average Bonchev–Trinajstić information content (AvgIpc) is 3.33. The van der Waals surface area contributed by atoms with Crippen molar-refractivity contribution < 1.29 is 23.3 Å². The van der Waals surface area contributed by atoms with Crippen LogP contribution in [0, 0.1) is 6.92 Å². The summed E-state index contributed by atoms with van der Waals surface area (Å²) in [7, 11) is 0. The summed E-state index contributed by atoms with van der Waals surface area (Å²) in [5.41, 5.74) is 2.02. The molecule has 4 rings (SSSR count). The Bertz CT molecular complexity index is 1160. The highest BCUT2D eigenvalue weighted by atomic mass is 16.5. The van der Waals surface area contributed by atoms with E-state index in [4.69, 9.17) is 13.7 Å². The highest BCUT2D eigenvalue weighted by Crippen LogP contribution is 2.27. The second kappa shape index (κ2) is 7.59. The summed E-state index contributed by atoms with van der Waals surface area (Å²) >= 11 is 0. The minimum Gasteiger partial charge on any atom is -0.449 e. The molecule has 2 aromatic heterocycles. The average molecular weight is 391 g/mol. The summed E-state index contributed by atoms with van der Waals surface area (Å²) in [6.45, 7) is 3.18. The van der Waals surface area contributed by atoms with Crippen LogP contribution in [0.3, 0.4) is 0 Å². The maximum absolute atomic E-state index is 12.7. The van der Waals surface area contributed by atoms with E-state index in [0.29, 0.717) is 28.3 Å². The standard InChI is InChI=1S/C21H17N3O5/c1-12-11-18(24-29-12)23-19(25)13(2)27-21(26)15-8-4-3-7-14(15)20-22-16-9-5-6-10-17(16)28-20/h3-11,13H,1-2H3,(H,23,24,25). The van der Waals surface area contributed by atoms with Crippen LogP contribution in [-0.2, 0) is 9.53 Å². The number of hydrogen-bond acceptors (Lipinski definition) is 7. The molecule has 1 atom stereocenters. The van der Waals surface area contributed by atoms with E-state index in [2.05, 4.69) is 15.5 Å². The number of aromatic nitrogens is 2. The second-order valence-electron chi connectivity index (χ2n) is 6.39. The molecule has 8 nitrogen and oxygen atoms in total. The van der Waals surface area contributed by atoms with Crippen LogP contribution >= 0.6 is 0 Å². The highest BCUT2D eigenvalue weighted by Gasteiger charge is 2.23. The number of oxazole rings is 1. The number of ether oxygens (including phenoxy) is 1. The van der Waals surface area contributed by atoms with Gasteiger partial charge in [-0.15, -0.1) is 0 Å². The Morgan fingerprint density at radius 2 is 1.86 bits per heavy atom. The Balaban J connectivity index is 1.53. The Kier molecular flexibility index (Phi) is 4.82. The smallest absolute Gasteiger partial charge is 0.339 e. The van der Waals surface area contributed by atoms with Crippen molar-refractivity contribution in [3.63, 3.8) is 0 Å². The quantitative estimate of drug-likeness (QED) is 0.513. The molecule has 0 aliphatic heterocycles. The normalized spacial score (nSPS) is 11.9. The monoisotopic (exact) mass is 391 g/mol. The van der Waals surface area contributed by atoms with Crippen molar-refractivity contribution in [1.29, 1.82) is 0 Å². The minimum atomic E-state index is -1.05. The number of nitrogens with one attached hydrogen (secondary N) is 1. The molecule has 0 bridgehead atoms. The molecule has 8 heteroatoms. The van der Waals surface area contributed by atoms with Gasteiger partial charge in [0.1, 0.15) is 11.3 Å². The van der Waals surface area contributed by atoms with Gasteiger partial charge in [0.2, 0.25) is 5.89 Å². The van der Waals surface area contributed by atoms with Crippen molar-refractivity contribution in [3.05, 3.63) is 65.9 Å².